The van der Waals surface area contributed by atoms with Crippen molar-refractivity contribution in [3.05, 3.63) is 331 Å². The highest BCUT2D eigenvalue weighted by atomic mass is 16.5. The molecule has 0 aliphatic carbocycles. The number of nitrogens with zero attached hydrogens (tertiary/aromatic N) is 18. The van der Waals surface area contributed by atoms with Gasteiger partial charge in [0.2, 0.25) is 35.4 Å². The first-order valence-corrected chi connectivity index (χ1v) is 34.9. The van der Waals surface area contributed by atoms with Crippen molar-refractivity contribution in [3.8, 4) is 57.3 Å². The van der Waals surface area contributed by atoms with Crippen LogP contribution in [0.5, 0.6) is 0 Å². The number of aryl methyl sites for hydroxylation is 3. The van der Waals surface area contributed by atoms with Gasteiger partial charge in [0, 0.05) is 59.8 Å². The molecule has 17 rings (SSSR count). The lowest BCUT2D eigenvalue weighted by molar-refractivity contribution is 0.0836. The van der Waals surface area contributed by atoms with E-state index >= 15 is 0 Å². The Bertz CT molecular complexity index is 5670. The van der Waals surface area contributed by atoms with Gasteiger partial charge in [-0.05, 0) is 159 Å². The van der Waals surface area contributed by atoms with Crippen LogP contribution in [0, 0.1) is 20.8 Å². The van der Waals surface area contributed by atoms with Gasteiger partial charge in [-0.3, -0.25) is 40.3 Å². The number of carbonyl (C=O) groups excluding carboxylic acids is 3. The molecule has 8 aromatic carbocycles. The minimum absolute atomic E-state index is 0.184. The summed E-state index contributed by atoms with van der Waals surface area (Å²) < 4.78 is 12.2. The van der Waals surface area contributed by atoms with E-state index < -0.39 is 0 Å². The van der Waals surface area contributed by atoms with Crippen molar-refractivity contribution in [1.82, 2.24) is 89.0 Å². The normalized spacial score (nSPS) is 11.7. The second-order valence-corrected chi connectivity index (χ2v) is 24.6. The number of aromatic nitrogens is 18. The largest absolute Gasteiger partial charge is 0.381 e. The van der Waals surface area contributed by atoms with E-state index in [0.29, 0.717) is 74.9 Å². The van der Waals surface area contributed by atoms with E-state index in [-0.39, 0.29) is 29.6 Å². The Balaban J connectivity index is 0.000000121. The summed E-state index contributed by atoms with van der Waals surface area (Å²) in [6.45, 7) is 7.14. The Morgan fingerprint density at radius 2 is 0.826 bits per heavy atom. The van der Waals surface area contributed by atoms with Gasteiger partial charge in [-0.1, -0.05) is 152 Å². The molecule has 0 atom stereocenters. The predicted octanol–water partition coefficient (Wildman–Crippen LogP) is 14.9. The fraction of sp³-hybridized carbons (Fsp3) is 0.0964. The van der Waals surface area contributed by atoms with Crippen LogP contribution in [0.15, 0.2) is 292 Å². The van der Waals surface area contributed by atoms with Crippen LogP contribution >= 0.6 is 0 Å². The number of hydrogen-bond acceptors (Lipinski definition) is 19. The number of rotatable bonds is 16. The van der Waals surface area contributed by atoms with Crippen molar-refractivity contribution in [2.45, 2.75) is 39.5 Å². The molecule has 0 spiro atoms. The molecule has 26 heteroatoms. The highest BCUT2D eigenvalue weighted by Gasteiger charge is 2.26. The second-order valence-electron chi connectivity index (χ2n) is 24.6. The summed E-state index contributed by atoms with van der Waals surface area (Å²) in [4.78, 5) is 82.0. The number of carbonyl (C=O) groups is 3. The summed E-state index contributed by atoms with van der Waals surface area (Å²) in [5, 5.41) is 31.2. The highest BCUT2D eigenvalue weighted by molar-refractivity contribution is 6.06. The van der Waals surface area contributed by atoms with Crippen molar-refractivity contribution in [2.24, 2.45) is 0 Å². The fourth-order valence-corrected chi connectivity index (χ4v) is 11.7. The van der Waals surface area contributed by atoms with Gasteiger partial charge < -0.3 is 10.1 Å². The van der Waals surface area contributed by atoms with Crippen LogP contribution in [0.1, 0.15) is 72.3 Å². The van der Waals surface area contributed by atoms with E-state index in [0.717, 1.165) is 82.2 Å². The predicted molar refractivity (Wildman–Crippen MR) is 416 cm³/mol. The van der Waals surface area contributed by atoms with Crippen LogP contribution < -0.4 is 21.3 Å². The Morgan fingerprint density at radius 1 is 0.376 bits per heavy atom. The SMILES string of the molecule is Cc1ccccc1C(=O)Nc1nc(-c2ccccn2)n(-c2ccccc2)n1.Cc1ccccc1C(=O)Nc1nc(-c2ccncn2)nn1-c1ccccc1.Cc1ccccc1C(=O)Nc1nc(C2CCOCC2)nn1-c1ccccc1.c1ccc(-n2nc(-c3ccccn3)nc2Nc2ncnc3ccccc23)cc1. The molecule has 536 valence electrons. The summed E-state index contributed by atoms with van der Waals surface area (Å²) >= 11 is 0. The molecule has 3 amide bonds. The molecule has 4 N–H and O–H groups in total. The van der Waals surface area contributed by atoms with Crippen molar-refractivity contribution in [1.29, 1.82) is 0 Å². The first-order valence-electron chi connectivity index (χ1n) is 34.9. The van der Waals surface area contributed by atoms with Gasteiger partial charge >= 0.3 is 0 Å². The minimum atomic E-state index is -0.245. The molecule has 26 nitrogen and oxygen atoms in total. The van der Waals surface area contributed by atoms with Gasteiger partial charge in [0.1, 0.15) is 35.6 Å². The summed E-state index contributed by atoms with van der Waals surface area (Å²) in [7, 11) is 0. The standard InChI is InChI=1S/C21H15N7.C21H17N5O.C21H22N4O2.C20H16N6O/c1-2-8-15(9-3-1)28-21(26-20(27-28)18-12-6-7-13-22-18)25-19-16-10-4-5-11-17(16)23-14-24-19;1-15-9-5-6-12-17(15)20(27)24-21-23-19(18-13-7-8-14-22-18)26(25-21)16-10-3-2-4-11-16;1-15-7-5-6-10-18(15)20(26)23-21-22-19(16-11-13-27-14-12-16)24-25(21)17-8-3-2-4-9-17;1-14-7-5-6-10-16(14)19(27)24-20-23-18(17-11-12-21-13-22-17)25-26(20)15-8-3-2-4-9-15/h1-14H,(H,23,24,25,26,27);2-14H,1H3,(H,24,25,27);2-10,16H,11-14H2,1H3,(H,22,23,24,26);2-13H,1H3,(H,23,24,25,27). The third kappa shape index (κ3) is 17.4. The average Bonchev–Trinajstić information content (AvgIpc) is 1.65. The van der Waals surface area contributed by atoms with Gasteiger partial charge in [0.25, 0.3) is 17.7 Å². The lowest BCUT2D eigenvalue weighted by Crippen LogP contribution is -2.17. The molecule has 0 radical (unpaired) electrons. The van der Waals surface area contributed by atoms with Gasteiger partial charge in [-0.2, -0.15) is 34.0 Å². The highest BCUT2D eigenvalue weighted by Crippen LogP contribution is 2.30. The lowest BCUT2D eigenvalue weighted by atomic mass is 10.00. The zero-order valence-electron chi connectivity index (χ0n) is 59.3. The van der Waals surface area contributed by atoms with E-state index in [4.69, 9.17) is 9.84 Å². The Kier molecular flexibility index (Phi) is 22.3. The monoisotopic (exact) mass is 1440 g/mol. The molecule has 0 unspecified atom stereocenters. The maximum atomic E-state index is 12.8. The van der Waals surface area contributed by atoms with Gasteiger partial charge in [0.05, 0.1) is 28.3 Å². The van der Waals surface area contributed by atoms with Crippen LogP contribution in [0.25, 0.3) is 68.2 Å². The van der Waals surface area contributed by atoms with Crippen molar-refractivity contribution < 1.29 is 19.1 Å². The van der Waals surface area contributed by atoms with Gasteiger partial charge in [-0.25, -0.2) is 24.6 Å². The first-order chi connectivity index (χ1) is 53.5. The van der Waals surface area contributed by atoms with E-state index in [1.807, 2.05) is 263 Å². The number of hydrogen-bond donors (Lipinski definition) is 4. The maximum Gasteiger partial charge on any atom is 0.258 e. The molecular weight excluding hydrogens is 1370 g/mol. The van der Waals surface area contributed by atoms with E-state index in [2.05, 4.69) is 86.4 Å². The number of ether oxygens (including phenoxy) is 1. The van der Waals surface area contributed by atoms with Crippen LogP contribution in [0.3, 0.4) is 0 Å². The zero-order chi connectivity index (χ0) is 74.7. The van der Waals surface area contributed by atoms with Gasteiger partial charge in [0.15, 0.2) is 11.6 Å². The molecular formula is C83H70N22O4. The number of pyridine rings is 2. The number of fused-ring (bicyclic) bond motifs is 1. The van der Waals surface area contributed by atoms with E-state index in [1.54, 1.807) is 55.5 Å². The number of para-hydroxylation sites is 5. The fourth-order valence-electron chi connectivity index (χ4n) is 11.7. The third-order valence-corrected chi connectivity index (χ3v) is 17.3. The molecule has 1 saturated heterocycles. The number of nitrogens with one attached hydrogen (secondary N) is 4. The molecule has 9 heterocycles. The second kappa shape index (κ2) is 34.2. The minimum Gasteiger partial charge on any atom is -0.381 e. The first kappa shape index (κ1) is 71.2. The Labute approximate surface area is 625 Å². The third-order valence-electron chi connectivity index (χ3n) is 17.3. The molecule has 1 aliphatic rings. The Hall–Kier alpha value is -14.8. The topological polar surface area (TPSA) is 309 Å². The van der Waals surface area contributed by atoms with Crippen molar-refractivity contribution in [3.63, 3.8) is 0 Å². The van der Waals surface area contributed by atoms with Crippen LogP contribution in [0.4, 0.5) is 29.6 Å². The summed E-state index contributed by atoms with van der Waals surface area (Å²) in [6, 6.07) is 81.8. The van der Waals surface area contributed by atoms with Gasteiger partial charge in [-0.15, -0.1) is 20.4 Å². The summed E-state index contributed by atoms with van der Waals surface area (Å²) in [6.07, 6.45) is 9.80. The van der Waals surface area contributed by atoms with Crippen LogP contribution in [-0.4, -0.2) is 120 Å². The summed E-state index contributed by atoms with van der Waals surface area (Å²) in [5.74, 6) is 4.04. The molecule has 8 aromatic heterocycles. The number of benzene rings is 8. The molecule has 0 saturated carbocycles. The van der Waals surface area contributed by atoms with E-state index in [1.165, 1.54) is 12.7 Å². The smallest absolute Gasteiger partial charge is 0.258 e. The quantitative estimate of drug-likeness (QED) is 0.0698. The maximum absolute atomic E-state index is 12.8. The van der Waals surface area contributed by atoms with Crippen molar-refractivity contribution >= 4 is 58.2 Å². The molecule has 16 aromatic rings. The molecule has 109 heavy (non-hydrogen) atoms. The average molecular weight is 1440 g/mol. The van der Waals surface area contributed by atoms with E-state index in [9.17, 15) is 14.4 Å². The molecule has 1 aliphatic heterocycles. The van der Waals surface area contributed by atoms with Crippen molar-refractivity contribution in [2.75, 3.05) is 34.5 Å². The number of amides is 3. The molecule has 0 bridgehead atoms. The molecule has 1 fully saturated rings. The van der Waals surface area contributed by atoms with Crippen LogP contribution in [0.2, 0.25) is 0 Å². The van der Waals surface area contributed by atoms with Crippen LogP contribution in [-0.2, 0) is 4.74 Å². The Morgan fingerprint density at radius 3 is 1.35 bits per heavy atom. The number of anilines is 5. The summed E-state index contributed by atoms with van der Waals surface area (Å²) in [5.41, 5.74) is 10.7. The lowest BCUT2D eigenvalue weighted by Gasteiger charge is -2.18. The zero-order valence-corrected chi connectivity index (χ0v) is 59.3.